The number of rotatable bonds is 9. The van der Waals surface area contributed by atoms with Crippen molar-refractivity contribution in [3.63, 3.8) is 0 Å². The van der Waals surface area contributed by atoms with Crippen LogP contribution in [0.4, 0.5) is 11.4 Å². The van der Waals surface area contributed by atoms with Crippen molar-refractivity contribution in [1.82, 2.24) is 14.8 Å². The van der Waals surface area contributed by atoms with Crippen LogP contribution in [0.3, 0.4) is 0 Å². The van der Waals surface area contributed by atoms with Gasteiger partial charge in [-0.15, -0.1) is 10.2 Å². The van der Waals surface area contributed by atoms with Gasteiger partial charge in [0.05, 0.1) is 24.1 Å². The molecule has 0 saturated heterocycles. The van der Waals surface area contributed by atoms with Crippen molar-refractivity contribution in [1.29, 1.82) is 0 Å². The Balaban J connectivity index is 1.26. The van der Waals surface area contributed by atoms with Crippen LogP contribution in [0.5, 0.6) is 5.75 Å². The molecule has 4 aromatic rings. The van der Waals surface area contributed by atoms with Crippen molar-refractivity contribution in [3.8, 4) is 11.4 Å². The van der Waals surface area contributed by atoms with Gasteiger partial charge in [-0.25, -0.2) is 0 Å². The molecule has 1 aromatic heterocycles. The van der Waals surface area contributed by atoms with Gasteiger partial charge in [0.2, 0.25) is 5.91 Å². The fourth-order valence-electron chi connectivity index (χ4n) is 3.78. The van der Waals surface area contributed by atoms with Crippen molar-refractivity contribution in [2.45, 2.75) is 23.9 Å². The Bertz CT molecular complexity index is 1370. The summed E-state index contributed by atoms with van der Waals surface area (Å²) in [5.74, 6) is 1.62. The van der Waals surface area contributed by atoms with Crippen LogP contribution in [0.1, 0.15) is 34.9 Å². The first-order valence-corrected chi connectivity index (χ1v) is 12.6. The molecule has 5 rings (SSSR count). The molecule has 0 unspecified atom stereocenters. The van der Waals surface area contributed by atoms with Crippen molar-refractivity contribution >= 4 is 35.0 Å². The van der Waals surface area contributed by atoms with E-state index in [9.17, 15) is 9.59 Å². The van der Waals surface area contributed by atoms with Crippen LogP contribution in [0.15, 0.2) is 84.0 Å². The van der Waals surface area contributed by atoms with Crippen LogP contribution in [-0.4, -0.2) is 39.4 Å². The molecule has 0 aliphatic heterocycles. The van der Waals surface area contributed by atoms with E-state index in [1.165, 1.54) is 11.8 Å². The normalized spacial score (nSPS) is 12.7. The standard InChI is InChI=1S/C27H25N5O3S/c1-35-21-15-13-19(14-16-21)28-26(34)22-9-5-6-10-23(22)29-24(33)17-36-27-31-30-25(18-11-12-18)32(27)20-7-3-2-4-8-20/h2-10,13-16,18H,11-12,17H2,1H3,(H,28,34)(H,29,33). The number of hydrogen-bond acceptors (Lipinski definition) is 6. The van der Waals surface area contributed by atoms with Gasteiger partial charge >= 0.3 is 0 Å². The maximum atomic E-state index is 12.9. The largest absolute Gasteiger partial charge is 0.497 e. The average Bonchev–Trinajstić information content (AvgIpc) is 3.67. The Kier molecular flexibility index (Phi) is 6.99. The Morgan fingerprint density at radius 1 is 0.944 bits per heavy atom. The second-order valence-corrected chi connectivity index (χ2v) is 9.29. The lowest BCUT2D eigenvalue weighted by molar-refractivity contribution is -0.113. The number of thioether (sulfide) groups is 1. The molecule has 1 aliphatic rings. The number of carbonyl (C=O) groups is 2. The number of ether oxygens (including phenoxy) is 1. The lowest BCUT2D eigenvalue weighted by Gasteiger charge is -2.12. The van der Waals surface area contributed by atoms with Crippen LogP contribution in [0.2, 0.25) is 0 Å². The Morgan fingerprint density at radius 2 is 1.67 bits per heavy atom. The Hall–Kier alpha value is -4.11. The van der Waals surface area contributed by atoms with Crippen LogP contribution in [0, 0.1) is 0 Å². The first-order chi connectivity index (χ1) is 17.6. The number of carbonyl (C=O) groups excluding carboxylic acids is 2. The Labute approximate surface area is 213 Å². The van der Waals surface area contributed by atoms with Crippen molar-refractivity contribution < 1.29 is 14.3 Å². The van der Waals surface area contributed by atoms with E-state index >= 15 is 0 Å². The van der Waals surface area contributed by atoms with Crippen molar-refractivity contribution in [2.24, 2.45) is 0 Å². The molecule has 0 bridgehead atoms. The van der Waals surface area contributed by atoms with Gasteiger partial charge in [0.15, 0.2) is 5.16 Å². The van der Waals surface area contributed by atoms with Crippen molar-refractivity contribution in [2.75, 3.05) is 23.5 Å². The number of methoxy groups -OCH3 is 1. The summed E-state index contributed by atoms with van der Waals surface area (Å²) in [6, 6.07) is 23.9. The average molecular weight is 500 g/mol. The SMILES string of the molecule is COc1ccc(NC(=O)c2ccccc2NC(=O)CSc2nnc(C3CC3)n2-c2ccccc2)cc1. The lowest BCUT2D eigenvalue weighted by Crippen LogP contribution is -2.19. The fraction of sp³-hybridized carbons (Fsp3) is 0.185. The first kappa shape index (κ1) is 23.6. The zero-order valence-electron chi connectivity index (χ0n) is 19.7. The fourth-order valence-corrected chi connectivity index (χ4v) is 4.54. The minimum absolute atomic E-state index is 0.129. The molecule has 36 heavy (non-hydrogen) atoms. The molecule has 2 amide bonds. The predicted octanol–water partition coefficient (Wildman–Crippen LogP) is 5.14. The molecule has 3 aromatic carbocycles. The van der Waals surface area contributed by atoms with Crippen LogP contribution in [-0.2, 0) is 4.79 Å². The van der Waals surface area contributed by atoms with Gasteiger partial charge in [-0.2, -0.15) is 0 Å². The summed E-state index contributed by atoms with van der Waals surface area (Å²) in [5.41, 5.74) is 2.42. The highest BCUT2D eigenvalue weighted by molar-refractivity contribution is 7.99. The number of para-hydroxylation sites is 2. The zero-order chi connectivity index (χ0) is 24.9. The summed E-state index contributed by atoms with van der Waals surface area (Å²) in [7, 11) is 1.59. The van der Waals surface area contributed by atoms with E-state index in [0.717, 1.165) is 24.4 Å². The zero-order valence-corrected chi connectivity index (χ0v) is 20.5. The second kappa shape index (κ2) is 10.7. The smallest absolute Gasteiger partial charge is 0.257 e. The minimum Gasteiger partial charge on any atom is -0.497 e. The van der Waals surface area contributed by atoms with E-state index in [1.54, 1.807) is 55.6 Å². The second-order valence-electron chi connectivity index (χ2n) is 8.35. The summed E-state index contributed by atoms with van der Waals surface area (Å²) in [4.78, 5) is 25.8. The molecular weight excluding hydrogens is 474 g/mol. The minimum atomic E-state index is -0.318. The first-order valence-electron chi connectivity index (χ1n) is 11.6. The number of benzene rings is 3. The Morgan fingerprint density at radius 3 is 2.39 bits per heavy atom. The highest BCUT2D eigenvalue weighted by Crippen LogP contribution is 2.41. The maximum Gasteiger partial charge on any atom is 0.257 e. The van der Waals surface area contributed by atoms with E-state index in [-0.39, 0.29) is 17.6 Å². The molecule has 1 fully saturated rings. The summed E-state index contributed by atoms with van der Waals surface area (Å²) in [6.45, 7) is 0. The quantitative estimate of drug-likeness (QED) is 0.310. The molecule has 1 aliphatic carbocycles. The van der Waals surface area contributed by atoms with Crippen LogP contribution in [0.25, 0.3) is 5.69 Å². The number of anilines is 2. The predicted molar refractivity (Wildman–Crippen MR) is 140 cm³/mol. The topological polar surface area (TPSA) is 98.1 Å². The summed E-state index contributed by atoms with van der Waals surface area (Å²) < 4.78 is 7.19. The number of hydrogen-bond donors (Lipinski definition) is 2. The lowest BCUT2D eigenvalue weighted by atomic mass is 10.1. The molecule has 2 N–H and O–H groups in total. The maximum absolute atomic E-state index is 12.9. The highest BCUT2D eigenvalue weighted by atomic mass is 32.2. The van der Waals surface area contributed by atoms with E-state index in [1.807, 2.05) is 34.9 Å². The number of nitrogens with one attached hydrogen (secondary N) is 2. The molecule has 9 heteroatoms. The van der Waals surface area contributed by atoms with Crippen molar-refractivity contribution in [3.05, 3.63) is 90.3 Å². The van der Waals surface area contributed by atoms with Gasteiger partial charge in [-0.3, -0.25) is 14.2 Å². The van der Waals surface area contributed by atoms with Crippen LogP contribution < -0.4 is 15.4 Å². The molecule has 8 nitrogen and oxygen atoms in total. The third-order valence-electron chi connectivity index (χ3n) is 5.74. The summed E-state index contributed by atoms with van der Waals surface area (Å²) in [6.07, 6.45) is 2.21. The van der Waals surface area contributed by atoms with Gasteiger partial charge in [0.25, 0.3) is 5.91 Å². The molecule has 1 heterocycles. The molecule has 0 radical (unpaired) electrons. The third-order valence-corrected chi connectivity index (χ3v) is 6.67. The number of aromatic nitrogens is 3. The van der Waals surface area contributed by atoms with Gasteiger partial charge in [0.1, 0.15) is 11.6 Å². The monoisotopic (exact) mass is 499 g/mol. The molecule has 182 valence electrons. The number of amides is 2. The summed E-state index contributed by atoms with van der Waals surface area (Å²) >= 11 is 1.32. The van der Waals surface area contributed by atoms with Gasteiger partial charge in [0, 0.05) is 17.3 Å². The number of nitrogens with zero attached hydrogens (tertiary/aromatic N) is 3. The molecule has 1 saturated carbocycles. The molecule has 0 spiro atoms. The summed E-state index contributed by atoms with van der Waals surface area (Å²) in [5, 5.41) is 15.2. The van der Waals surface area contributed by atoms with E-state index in [0.29, 0.717) is 33.8 Å². The van der Waals surface area contributed by atoms with E-state index in [4.69, 9.17) is 4.74 Å². The van der Waals surface area contributed by atoms with E-state index < -0.39 is 0 Å². The third kappa shape index (κ3) is 5.41. The molecule has 0 atom stereocenters. The van der Waals surface area contributed by atoms with Gasteiger partial charge in [-0.1, -0.05) is 42.1 Å². The van der Waals surface area contributed by atoms with Gasteiger partial charge < -0.3 is 15.4 Å². The van der Waals surface area contributed by atoms with Gasteiger partial charge in [-0.05, 0) is 61.4 Å². The van der Waals surface area contributed by atoms with E-state index in [2.05, 4.69) is 20.8 Å². The molecular formula is C27H25N5O3S. The highest BCUT2D eigenvalue weighted by Gasteiger charge is 2.31. The van der Waals surface area contributed by atoms with Crippen LogP contribution >= 0.6 is 11.8 Å².